The van der Waals surface area contributed by atoms with Crippen LogP contribution in [-0.4, -0.2) is 43.3 Å². The van der Waals surface area contributed by atoms with Gasteiger partial charge in [-0.05, 0) is 26.3 Å². The van der Waals surface area contributed by atoms with Gasteiger partial charge in [0, 0.05) is 19.1 Å². The van der Waals surface area contributed by atoms with E-state index in [-0.39, 0.29) is 0 Å². The first-order valence-electron chi connectivity index (χ1n) is 5.50. The van der Waals surface area contributed by atoms with E-state index in [1.54, 1.807) is 0 Å². The van der Waals surface area contributed by atoms with Gasteiger partial charge in [0.25, 0.3) is 0 Å². The lowest BCUT2D eigenvalue weighted by Gasteiger charge is -2.33. The summed E-state index contributed by atoms with van der Waals surface area (Å²) < 4.78 is 35.5. The lowest BCUT2D eigenvalue weighted by molar-refractivity contribution is -0.124. The molecule has 0 radical (unpaired) electrons. The molecular formula is C10H19F3N2. The smallest absolute Gasteiger partial charge is 0.307 e. The van der Waals surface area contributed by atoms with E-state index in [0.717, 1.165) is 13.1 Å². The van der Waals surface area contributed by atoms with Crippen LogP contribution in [0.4, 0.5) is 13.2 Å². The SMILES string of the molecule is CC1CCCCN1CCNCC(F)(F)F. The average Bonchev–Trinajstić information content (AvgIpc) is 2.13. The summed E-state index contributed by atoms with van der Waals surface area (Å²) in [4.78, 5) is 2.26. The molecule has 1 rings (SSSR count). The summed E-state index contributed by atoms with van der Waals surface area (Å²) in [6.07, 6.45) is -0.510. The van der Waals surface area contributed by atoms with Crippen LogP contribution in [0, 0.1) is 0 Å². The van der Waals surface area contributed by atoms with Crippen molar-refractivity contribution < 1.29 is 13.2 Å². The lowest BCUT2D eigenvalue weighted by atomic mass is 10.0. The summed E-state index contributed by atoms with van der Waals surface area (Å²) in [6, 6.07) is 0.520. The van der Waals surface area contributed by atoms with E-state index in [0.29, 0.717) is 12.6 Å². The molecule has 1 saturated heterocycles. The fraction of sp³-hybridized carbons (Fsp3) is 1.00. The summed E-state index contributed by atoms with van der Waals surface area (Å²) in [5.41, 5.74) is 0. The number of rotatable bonds is 4. The predicted octanol–water partition coefficient (Wildman–Crippen LogP) is 2.01. The summed E-state index contributed by atoms with van der Waals surface area (Å²) in [7, 11) is 0. The van der Waals surface area contributed by atoms with Crippen molar-refractivity contribution in [1.29, 1.82) is 0 Å². The summed E-state index contributed by atoms with van der Waals surface area (Å²) in [6.45, 7) is 3.42. The van der Waals surface area contributed by atoms with Crippen molar-refractivity contribution in [2.24, 2.45) is 0 Å². The first-order chi connectivity index (χ1) is 6.99. The third-order valence-corrected chi connectivity index (χ3v) is 2.84. The second kappa shape index (κ2) is 5.70. The fourth-order valence-electron chi connectivity index (χ4n) is 1.94. The first kappa shape index (κ1) is 12.8. The number of halogens is 3. The van der Waals surface area contributed by atoms with Gasteiger partial charge in [-0.3, -0.25) is 4.90 Å². The molecule has 0 spiro atoms. The van der Waals surface area contributed by atoms with Crippen LogP contribution in [0.1, 0.15) is 26.2 Å². The Morgan fingerprint density at radius 3 is 2.67 bits per heavy atom. The molecule has 1 aliphatic rings. The van der Waals surface area contributed by atoms with Crippen LogP contribution in [0.5, 0.6) is 0 Å². The monoisotopic (exact) mass is 224 g/mol. The minimum atomic E-state index is -4.09. The molecule has 0 bridgehead atoms. The Labute approximate surface area is 88.8 Å². The van der Waals surface area contributed by atoms with Gasteiger partial charge >= 0.3 is 6.18 Å². The highest BCUT2D eigenvalue weighted by atomic mass is 19.4. The van der Waals surface area contributed by atoms with Gasteiger partial charge in [-0.1, -0.05) is 6.42 Å². The Bertz CT molecular complexity index is 182. The molecule has 1 heterocycles. The van der Waals surface area contributed by atoms with Crippen molar-refractivity contribution >= 4 is 0 Å². The highest BCUT2D eigenvalue weighted by Gasteiger charge is 2.26. The second-order valence-electron chi connectivity index (χ2n) is 4.17. The van der Waals surface area contributed by atoms with Crippen molar-refractivity contribution in [2.45, 2.75) is 38.4 Å². The number of nitrogens with zero attached hydrogens (tertiary/aromatic N) is 1. The molecule has 90 valence electrons. The molecule has 0 saturated carbocycles. The molecule has 1 aliphatic heterocycles. The molecule has 2 nitrogen and oxygen atoms in total. The molecule has 0 aromatic rings. The zero-order valence-corrected chi connectivity index (χ0v) is 9.11. The van der Waals surface area contributed by atoms with Gasteiger partial charge in [-0.15, -0.1) is 0 Å². The minimum absolute atomic E-state index is 0.420. The largest absolute Gasteiger partial charge is 0.401 e. The molecule has 1 N–H and O–H groups in total. The summed E-state index contributed by atoms with van der Waals surface area (Å²) >= 11 is 0. The molecule has 15 heavy (non-hydrogen) atoms. The van der Waals surface area contributed by atoms with Gasteiger partial charge in [0.05, 0.1) is 6.54 Å². The quantitative estimate of drug-likeness (QED) is 0.735. The van der Waals surface area contributed by atoms with E-state index in [4.69, 9.17) is 0 Å². The molecule has 0 aromatic heterocycles. The average molecular weight is 224 g/mol. The molecule has 0 aromatic carbocycles. The van der Waals surface area contributed by atoms with Crippen molar-refractivity contribution in [2.75, 3.05) is 26.2 Å². The highest BCUT2D eigenvalue weighted by Crippen LogP contribution is 2.15. The molecule has 5 heteroatoms. The minimum Gasteiger partial charge on any atom is -0.307 e. The Morgan fingerprint density at radius 2 is 2.07 bits per heavy atom. The topological polar surface area (TPSA) is 15.3 Å². The Balaban J connectivity index is 2.08. The van der Waals surface area contributed by atoms with E-state index in [1.807, 2.05) is 0 Å². The van der Waals surface area contributed by atoms with Gasteiger partial charge in [0.2, 0.25) is 0 Å². The molecule has 1 atom stereocenters. The maximum atomic E-state index is 11.8. The number of likely N-dealkylation sites (tertiary alicyclic amines) is 1. The standard InChI is InChI=1S/C10H19F3N2/c1-9-4-2-3-6-15(9)7-5-14-8-10(11,12)13/h9,14H,2-8H2,1H3. The molecule has 0 amide bonds. The third-order valence-electron chi connectivity index (χ3n) is 2.84. The lowest BCUT2D eigenvalue weighted by Crippen LogP contribution is -2.42. The number of alkyl halides is 3. The zero-order chi connectivity index (χ0) is 11.3. The van der Waals surface area contributed by atoms with E-state index in [9.17, 15) is 13.2 Å². The first-order valence-corrected chi connectivity index (χ1v) is 5.50. The van der Waals surface area contributed by atoms with Crippen LogP contribution >= 0.6 is 0 Å². The summed E-state index contributed by atoms with van der Waals surface area (Å²) in [5.74, 6) is 0. The Hall–Kier alpha value is -0.290. The van der Waals surface area contributed by atoms with Crippen molar-refractivity contribution in [3.63, 3.8) is 0 Å². The van der Waals surface area contributed by atoms with Gasteiger partial charge in [0.15, 0.2) is 0 Å². The maximum absolute atomic E-state index is 11.8. The predicted molar refractivity (Wildman–Crippen MR) is 53.8 cm³/mol. The highest BCUT2D eigenvalue weighted by molar-refractivity contribution is 4.73. The number of nitrogens with one attached hydrogen (secondary N) is 1. The van der Waals surface area contributed by atoms with Crippen molar-refractivity contribution in [3.8, 4) is 0 Å². The van der Waals surface area contributed by atoms with Crippen LogP contribution in [0.25, 0.3) is 0 Å². The fourth-order valence-corrected chi connectivity index (χ4v) is 1.94. The van der Waals surface area contributed by atoms with Gasteiger partial charge in [-0.2, -0.15) is 13.2 Å². The molecule has 0 aliphatic carbocycles. The van der Waals surface area contributed by atoms with Gasteiger partial charge in [0.1, 0.15) is 0 Å². The second-order valence-corrected chi connectivity index (χ2v) is 4.17. The number of piperidine rings is 1. The van der Waals surface area contributed by atoms with E-state index in [1.165, 1.54) is 19.3 Å². The van der Waals surface area contributed by atoms with Gasteiger partial charge < -0.3 is 5.32 Å². The van der Waals surface area contributed by atoms with E-state index < -0.39 is 12.7 Å². The van der Waals surface area contributed by atoms with E-state index in [2.05, 4.69) is 17.1 Å². The molecular weight excluding hydrogens is 205 g/mol. The van der Waals surface area contributed by atoms with Crippen molar-refractivity contribution in [3.05, 3.63) is 0 Å². The van der Waals surface area contributed by atoms with Crippen LogP contribution in [-0.2, 0) is 0 Å². The third kappa shape index (κ3) is 5.37. The molecule has 1 fully saturated rings. The number of hydrogen-bond donors (Lipinski definition) is 1. The van der Waals surface area contributed by atoms with Crippen LogP contribution in [0.2, 0.25) is 0 Å². The normalized spacial score (nSPS) is 24.4. The number of hydrogen-bond acceptors (Lipinski definition) is 2. The van der Waals surface area contributed by atoms with Crippen LogP contribution in [0.15, 0.2) is 0 Å². The maximum Gasteiger partial charge on any atom is 0.401 e. The van der Waals surface area contributed by atoms with Crippen LogP contribution in [0.3, 0.4) is 0 Å². The zero-order valence-electron chi connectivity index (χ0n) is 9.11. The Kier molecular flexibility index (Phi) is 4.86. The summed E-state index contributed by atoms with van der Waals surface area (Å²) in [5, 5.41) is 2.43. The van der Waals surface area contributed by atoms with E-state index >= 15 is 0 Å². The van der Waals surface area contributed by atoms with Crippen molar-refractivity contribution in [1.82, 2.24) is 10.2 Å². The Morgan fingerprint density at radius 1 is 1.33 bits per heavy atom. The molecule has 1 unspecified atom stereocenters. The van der Waals surface area contributed by atoms with Crippen LogP contribution < -0.4 is 5.32 Å². The van der Waals surface area contributed by atoms with Gasteiger partial charge in [-0.25, -0.2) is 0 Å².